The lowest BCUT2D eigenvalue weighted by Crippen LogP contribution is -2.03. The van der Waals surface area contributed by atoms with Crippen molar-refractivity contribution in [1.82, 2.24) is 0 Å². The standard InChI is InChI=1S/C17H21NO3/c1-12-7-5-6-8-13(12)11-18-14-9-15(19-2)17(21-4)16(10-14)20-3/h5-10,18H,11H2,1-4H3. The average Bonchev–Trinajstić information content (AvgIpc) is 2.52. The maximum atomic E-state index is 5.35. The molecule has 2 aromatic rings. The van der Waals surface area contributed by atoms with E-state index in [0.717, 1.165) is 12.2 Å². The number of aryl methyl sites for hydroxylation is 1. The van der Waals surface area contributed by atoms with E-state index in [1.807, 2.05) is 24.3 Å². The van der Waals surface area contributed by atoms with Crippen LogP contribution < -0.4 is 19.5 Å². The van der Waals surface area contributed by atoms with E-state index in [0.29, 0.717) is 17.2 Å². The number of ether oxygens (including phenoxy) is 3. The van der Waals surface area contributed by atoms with Crippen LogP contribution in [0.4, 0.5) is 5.69 Å². The Morgan fingerprint density at radius 2 is 1.52 bits per heavy atom. The minimum atomic E-state index is 0.599. The molecule has 2 rings (SSSR count). The van der Waals surface area contributed by atoms with Crippen molar-refractivity contribution in [2.45, 2.75) is 13.5 Å². The van der Waals surface area contributed by atoms with Crippen LogP contribution in [0.2, 0.25) is 0 Å². The Bertz CT molecular complexity index is 586. The average molecular weight is 287 g/mol. The van der Waals surface area contributed by atoms with E-state index in [1.165, 1.54) is 11.1 Å². The summed E-state index contributed by atoms with van der Waals surface area (Å²) in [5.74, 6) is 1.88. The van der Waals surface area contributed by atoms with Gasteiger partial charge in [-0.25, -0.2) is 0 Å². The lowest BCUT2D eigenvalue weighted by molar-refractivity contribution is 0.324. The van der Waals surface area contributed by atoms with Crippen molar-refractivity contribution in [2.75, 3.05) is 26.6 Å². The van der Waals surface area contributed by atoms with E-state index in [-0.39, 0.29) is 0 Å². The van der Waals surface area contributed by atoms with Crippen LogP contribution in [-0.4, -0.2) is 21.3 Å². The predicted molar refractivity (Wildman–Crippen MR) is 84.6 cm³/mol. The second-order valence-corrected chi connectivity index (χ2v) is 4.69. The number of hydrogen-bond donors (Lipinski definition) is 1. The van der Waals surface area contributed by atoms with Crippen molar-refractivity contribution in [3.05, 3.63) is 47.5 Å². The Morgan fingerprint density at radius 3 is 2.05 bits per heavy atom. The molecule has 0 unspecified atom stereocenters. The topological polar surface area (TPSA) is 39.7 Å². The third-order valence-electron chi connectivity index (χ3n) is 3.41. The van der Waals surface area contributed by atoms with Gasteiger partial charge in [0.2, 0.25) is 5.75 Å². The van der Waals surface area contributed by atoms with Gasteiger partial charge in [-0.3, -0.25) is 0 Å². The third kappa shape index (κ3) is 3.40. The maximum Gasteiger partial charge on any atom is 0.203 e. The van der Waals surface area contributed by atoms with Gasteiger partial charge in [-0.1, -0.05) is 24.3 Å². The van der Waals surface area contributed by atoms with Gasteiger partial charge in [0, 0.05) is 24.4 Å². The van der Waals surface area contributed by atoms with Crippen molar-refractivity contribution in [3.63, 3.8) is 0 Å². The Labute approximate surface area is 125 Å². The molecule has 0 amide bonds. The highest BCUT2D eigenvalue weighted by atomic mass is 16.5. The maximum absolute atomic E-state index is 5.35. The van der Waals surface area contributed by atoms with E-state index in [1.54, 1.807) is 21.3 Å². The summed E-state index contributed by atoms with van der Waals surface area (Å²) in [5.41, 5.74) is 3.44. The summed E-state index contributed by atoms with van der Waals surface area (Å²) in [4.78, 5) is 0. The van der Waals surface area contributed by atoms with Gasteiger partial charge in [-0.15, -0.1) is 0 Å². The highest BCUT2D eigenvalue weighted by Crippen LogP contribution is 2.40. The van der Waals surface area contributed by atoms with Crippen LogP contribution in [0.1, 0.15) is 11.1 Å². The molecule has 0 aliphatic carbocycles. The molecule has 0 radical (unpaired) electrons. The SMILES string of the molecule is COc1cc(NCc2ccccc2C)cc(OC)c1OC. The monoisotopic (exact) mass is 287 g/mol. The third-order valence-corrected chi connectivity index (χ3v) is 3.41. The normalized spacial score (nSPS) is 10.1. The number of hydrogen-bond acceptors (Lipinski definition) is 4. The van der Waals surface area contributed by atoms with Gasteiger partial charge in [0.25, 0.3) is 0 Å². The summed E-state index contributed by atoms with van der Waals surface area (Å²) in [6.45, 7) is 2.84. The van der Waals surface area contributed by atoms with Gasteiger partial charge < -0.3 is 19.5 Å². The molecule has 0 aliphatic rings. The summed E-state index contributed by atoms with van der Waals surface area (Å²) >= 11 is 0. The number of methoxy groups -OCH3 is 3. The fourth-order valence-corrected chi connectivity index (χ4v) is 2.19. The van der Waals surface area contributed by atoms with Gasteiger partial charge in [-0.05, 0) is 18.1 Å². The molecular formula is C17H21NO3. The van der Waals surface area contributed by atoms with Crippen LogP contribution in [0.25, 0.3) is 0 Å². The van der Waals surface area contributed by atoms with Crippen LogP contribution in [0.5, 0.6) is 17.2 Å². The highest BCUT2D eigenvalue weighted by Gasteiger charge is 2.13. The van der Waals surface area contributed by atoms with Crippen molar-refractivity contribution < 1.29 is 14.2 Å². The molecule has 1 N–H and O–H groups in total. The molecule has 2 aromatic carbocycles. The lowest BCUT2D eigenvalue weighted by Gasteiger charge is -2.15. The molecule has 0 saturated heterocycles. The number of rotatable bonds is 6. The van der Waals surface area contributed by atoms with Crippen LogP contribution in [0.3, 0.4) is 0 Å². The summed E-state index contributed by atoms with van der Waals surface area (Å²) in [7, 11) is 4.83. The van der Waals surface area contributed by atoms with Gasteiger partial charge in [0.05, 0.1) is 21.3 Å². The van der Waals surface area contributed by atoms with E-state index >= 15 is 0 Å². The first-order chi connectivity index (χ1) is 10.2. The molecule has 4 nitrogen and oxygen atoms in total. The molecule has 0 bridgehead atoms. The summed E-state index contributed by atoms with van der Waals surface area (Å²) in [6.07, 6.45) is 0. The summed E-state index contributed by atoms with van der Waals surface area (Å²) < 4.78 is 16.0. The van der Waals surface area contributed by atoms with Gasteiger partial charge in [0.15, 0.2) is 11.5 Å². The molecule has 0 aliphatic heterocycles. The van der Waals surface area contributed by atoms with E-state index < -0.39 is 0 Å². The molecule has 0 saturated carbocycles. The van der Waals surface area contributed by atoms with E-state index in [9.17, 15) is 0 Å². The minimum absolute atomic E-state index is 0.599. The molecule has 0 fully saturated rings. The minimum Gasteiger partial charge on any atom is -0.493 e. The zero-order valence-corrected chi connectivity index (χ0v) is 12.9. The lowest BCUT2D eigenvalue weighted by atomic mass is 10.1. The van der Waals surface area contributed by atoms with Gasteiger partial charge in [0.1, 0.15) is 0 Å². The molecule has 0 spiro atoms. The van der Waals surface area contributed by atoms with Crippen LogP contribution >= 0.6 is 0 Å². The first-order valence-corrected chi connectivity index (χ1v) is 6.78. The summed E-state index contributed by atoms with van der Waals surface area (Å²) in [5, 5.41) is 3.39. The van der Waals surface area contributed by atoms with Gasteiger partial charge >= 0.3 is 0 Å². The number of benzene rings is 2. The van der Waals surface area contributed by atoms with E-state index in [4.69, 9.17) is 14.2 Å². The van der Waals surface area contributed by atoms with Crippen LogP contribution in [0.15, 0.2) is 36.4 Å². The molecule has 4 heteroatoms. The van der Waals surface area contributed by atoms with Crippen LogP contribution in [0, 0.1) is 6.92 Å². The van der Waals surface area contributed by atoms with Gasteiger partial charge in [-0.2, -0.15) is 0 Å². The highest BCUT2D eigenvalue weighted by molar-refractivity contribution is 5.62. The first-order valence-electron chi connectivity index (χ1n) is 6.78. The molecule has 112 valence electrons. The Hall–Kier alpha value is -2.36. The van der Waals surface area contributed by atoms with Crippen LogP contribution in [-0.2, 0) is 6.54 Å². The van der Waals surface area contributed by atoms with Crippen molar-refractivity contribution in [3.8, 4) is 17.2 Å². The summed E-state index contributed by atoms with van der Waals surface area (Å²) in [6, 6.07) is 12.1. The molecule has 21 heavy (non-hydrogen) atoms. The molecule has 0 heterocycles. The predicted octanol–water partition coefficient (Wildman–Crippen LogP) is 3.63. The van der Waals surface area contributed by atoms with Crippen molar-refractivity contribution in [1.29, 1.82) is 0 Å². The van der Waals surface area contributed by atoms with Crippen molar-refractivity contribution in [2.24, 2.45) is 0 Å². The fourth-order valence-electron chi connectivity index (χ4n) is 2.19. The van der Waals surface area contributed by atoms with E-state index in [2.05, 4.69) is 24.4 Å². The Kier molecular flexibility index (Phi) is 4.93. The second kappa shape index (κ2) is 6.88. The number of nitrogens with one attached hydrogen (secondary N) is 1. The molecule has 0 atom stereocenters. The molecule has 0 aromatic heterocycles. The molecular weight excluding hydrogens is 266 g/mol. The largest absolute Gasteiger partial charge is 0.493 e. The number of anilines is 1. The quantitative estimate of drug-likeness (QED) is 0.880. The zero-order chi connectivity index (χ0) is 15.2. The zero-order valence-electron chi connectivity index (χ0n) is 12.9. The Balaban J connectivity index is 2.22. The Morgan fingerprint density at radius 1 is 0.905 bits per heavy atom. The first kappa shape index (κ1) is 15.0. The second-order valence-electron chi connectivity index (χ2n) is 4.69. The van der Waals surface area contributed by atoms with Crippen molar-refractivity contribution >= 4 is 5.69 Å². The fraction of sp³-hybridized carbons (Fsp3) is 0.294. The smallest absolute Gasteiger partial charge is 0.203 e.